The van der Waals surface area contributed by atoms with Gasteiger partial charge in [-0.15, -0.1) is 0 Å². The third kappa shape index (κ3) is 3.04. The Balaban J connectivity index is 1.87. The molecule has 0 spiro atoms. The Morgan fingerprint density at radius 3 is 2.67 bits per heavy atom. The molecular formula is C13H23NO. The fraction of sp³-hybridized carbons (Fsp3) is 0.923. The maximum atomic E-state index is 11.8. The Kier molecular flexibility index (Phi) is 3.79. The number of hydrogen-bond acceptors (Lipinski definition) is 2. The molecule has 0 aromatic carbocycles. The molecule has 2 nitrogen and oxygen atoms in total. The molecule has 1 unspecified atom stereocenters. The largest absolute Gasteiger partial charge is 0.298 e. The predicted molar refractivity (Wildman–Crippen MR) is 61.9 cm³/mol. The highest BCUT2D eigenvalue weighted by Gasteiger charge is 2.31. The molecule has 0 radical (unpaired) electrons. The van der Waals surface area contributed by atoms with E-state index in [9.17, 15) is 4.79 Å². The molecule has 0 amide bonds. The van der Waals surface area contributed by atoms with Crippen molar-refractivity contribution in [3.63, 3.8) is 0 Å². The Morgan fingerprint density at radius 2 is 2.00 bits per heavy atom. The van der Waals surface area contributed by atoms with E-state index in [2.05, 4.69) is 11.8 Å². The summed E-state index contributed by atoms with van der Waals surface area (Å²) < 4.78 is 0. The van der Waals surface area contributed by atoms with Crippen molar-refractivity contribution in [1.82, 2.24) is 4.90 Å². The molecule has 0 aromatic rings. The summed E-state index contributed by atoms with van der Waals surface area (Å²) >= 11 is 0. The maximum Gasteiger partial charge on any atom is 0.149 e. The number of hydrogen-bond donors (Lipinski definition) is 0. The van der Waals surface area contributed by atoms with Crippen LogP contribution in [0.2, 0.25) is 0 Å². The van der Waals surface area contributed by atoms with Crippen molar-refractivity contribution in [2.24, 2.45) is 5.92 Å². The van der Waals surface area contributed by atoms with Crippen LogP contribution in [0.4, 0.5) is 0 Å². The SMILES string of the molecule is CCC1CCCCCN1CC(=O)C1CC1. The molecule has 1 saturated heterocycles. The normalized spacial score (nSPS) is 28.7. The smallest absolute Gasteiger partial charge is 0.149 e. The molecule has 0 N–H and O–H groups in total. The Labute approximate surface area is 93.0 Å². The first-order valence-electron chi connectivity index (χ1n) is 6.58. The summed E-state index contributed by atoms with van der Waals surface area (Å²) in [5.74, 6) is 0.945. The minimum atomic E-state index is 0.436. The lowest BCUT2D eigenvalue weighted by atomic mass is 10.1. The van der Waals surface area contributed by atoms with Gasteiger partial charge in [0.05, 0.1) is 6.54 Å². The molecule has 1 heterocycles. The number of carbonyl (C=O) groups is 1. The van der Waals surface area contributed by atoms with Crippen LogP contribution in [-0.4, -0.2) is 29.8 Å². The van der Waals surface area contributed by atoms with Crippen molar-refractivity contribution in [2.75, 3.05) is 13.1 Å². The number of Topliss-reactive ketones (excluding diaryl/α,β-unsaturated/α-hetero) is 1. The lowest BCUT2D eigenvalue weighted by molar-refractivity contribution is -0.121. The summed E-state index contributed by atoms with van der Waals surface area (Å²) in [7, 11) is 0. The van der Waals surface area contributed by atoms with Crippen molar-refractivity contribution < 1.29 is 4.79 Å². The van der Waals surface area contributed by atoms with Crippen molar-refractivity contribution in [2.45, 2.75) is 57.9 Å². The van der Waals surface area contributed by atoms with Gasteiger partial charge in [-0.2, -0.15) is 0 Å². The maximum absolute atomic E-state index is 11.8. The van der Waals surface area contributed by atoms with E-state index in [0.29, 0.717) is 17.7 Å². The van der Waals surface area contributed by atoms with Gasteiger partial charge in [0, 0.05) is 12.0 Å². The monoisotopic (exact) mass is 209 g/mol. The van der Waals surface area contributed by atoms with Gasteiger partial charge in [-0.05, 0) is 38.6 Å². The molecule has 86 valence electrons. The van der Waals surface area contributed by atoms with Gasteiger partial charge in [-0.3, -0.25) is 9.69 Å². The standard InChI is InChI=1S/C13H23NO/c1-2-12-6-4-3-5-9-14(12)10-13(15)11-7-8-11/h11-12H,2-10H2,1H3. The lowest BCUT2D eigenvalue weighted by Gasteiger charge is -2.28. The Bertz CT molecular complexity index is 223. The van der Waals surface area contributed by atoms with Crippen LogP contribution in [0.3, 0.4) is 0 Å². The second-order valence-corrected chi connectivity index (χ2v) is 5.12. The fourth-order valence-corrected chi connectivity index (χ4v) is 2.64. The number of likely N-dealkylation sites (tertiary alicyclic amines) is 1. The molecule has 2 heteroatoms. The number of nitrogens with zero attached hydrogens (tertiary/aromatic N) is 1. The van der Waals surface area contributed by atoms with Crippen molar-refractivity contribution >= 4 is 5.78 Å². The molecule has 1 atom stereocenters. The number of ketones is 1. The molecular weight excluding hydrogens is 186 g/mol. The second-order valence-electron chi connectivity index (χ2n) is 5.12. The third-order valence-electron chi connectivity index (χ3n) is 3.86. The summed E-state index contributed by atoms with van der Waals surface area (Å²) in [5, 5.41) is 0. The van der Waals surface area contributed by atoms with Gasteiger partial charge in [0.25, 0.3) is 0 Å². The van der Waals surface area contributed by atoms with E-state index in [1.807, 2.05) is 0 Å². The molecule has 15 heavy (non-hydrogen) atoms. The fourth-order valence-electron chi connectivity index (χ4n) is 2.64. The topological polar surface area (TPSA) is 20.3 Å². The zero-order chi connectivity index (χ0) is 10.7. The van der Waals surface area contributed by atoms with Crippen LogP contribution in [0.5, 0.6) is 0 Å². The molecule has 0 aromatic heterocycles. The first-order chi connectivity index (χ1) is 7.31. The minimum Gasteiger partial charge on any atom is -0.298 e. The van der Waals surface area contributed by atoms with Crippen molar-refractivity contribution in [3.05, 3.63) is 0 Å². The molecule has 2 aliphatic rings. The molecule has 1 aliphatic carbocycles. The van der Waals surface area contributed by atoms with Crippen molar-refractivity contribution in [1.29, 1.82) is 0 Å². The highest BCUT2D eigenvalue weighted by atomic mass is 16.1. The number of rotatable bonds is 4. The Morgan fingerprint density at radius 1 is 1.20 bits per heavy atom. The highest BCUT2D eigenvalue weighted by Crippen LogP contribution is 2.30. The van der Waals surface area contributed by atoms with E-state index in [1.54, 1.807) is 0 Å². The predicted octanol–water partition coefficient (Wildman–Crippen LogP) is 2.62. The first-order valence-corrected chi connectivity index (χ1v) is 6.58. The van der Waals surface area contributed by atoms with Gasteiger partial charge in [-0.25, -0.2) is 0 Å². The van der Waals surface area contributed by atoms with Crippen LogP contribution in [0, 0.1) is 5.92 Å². The van der Waals surface area contributed by atoms with Gasteiger partial charge in [0.2, 0.25) is 0 Å². The Hall–Kier alpha value is -0.370. The minimum absolute atomic E-state index is 0.436. The van der Waals surface area contributed by atoms with E-state index < -0.39 is 0 Å². The average molecular weight is 209 g/mol. The molecule has 0 bridgehead atoms. The van der Waals surface area contributed by atoms with Crippen LogP contribution in [0.25, 0.3) is 0 Å². The lowest BCUT2D eigenvalue weighted by Crippen LogP contribution is -2.38. The van der Waals surface area contributed by atoms with Crippen LogP contribution in [-0.2, 0) is 4.79 Å². The third-order valence-corrected chi connectivity index (χ3v) is 3.86. The number of carbonyl (C=O) groups excluding carboxylic acids is 1. The quantitative estimate of drug-likeness (QED) is 0.709. The molecule has 1 saturated carbocycles. The van der Waals surface area contributed by atoms with Crippen LogP contribution >= 0.6 is 0 Å². The average Bonchev–Trinajstić information content (AvgIpc) is 3.05. The summed E-state index contributed by atoms with van der Waals surface area (Å²) in [6, 6.07) is 0.676. The summed E-state index contributed by atoms with van der Waals surface area (Å²) in [4.78, 5) is 14.3. The van der Waals surface area contributed by atoms with Gasteiger partial charge in [0.1, 0.15) is 5.78 Å². The second kappa shape index (κ2) is 5.11. The van der Waals surface area contributed by atoms with Crippen LogP contribution in [0.15, 0.2) is 0 Å². The summed E-state index contributed by atoms with van der Waals surface area (Å²) in [6.45, 7) is 4.14. The van der Waals surface area contributed by atoms with E-state index in [0.717, 1.165) is 25.9 Å². The van der Waals surface area contributed by atoms with Gasteiger partial charge >= 0.3 is 0 Å². The van der Waals surface area contributed by atoms with Gasteiger partial charge in [0.15, 0.2) is 0 Å². The van der Waals surface area contributed by atoms with Crippen molar-refractivity contribution in [3.8, 4) is 0 Å². The zero-order valence-corrected chi connectivity index (χ0v) is 9.87. The first kappa shape index (κ1) is 11.1. The van der Waals surface area contributed by atoms with Crippen LogP contribution in [0.1, 0.15) is 51.9 Å². The molecule has 2 fully saturated rings. The van der Waals surface area contributed by atoms with E-state index >= 15 is 0 Å². The highest BCUT2D eigenvalue weighted by molar-refractivity contribution is 5.85. The van der Waals surface area contributed by atoms with Crippen LogP contribution < -0.4 is 0 Å². The van der Waals surface area contributed by atoms with Gasteiger partial charge < -0.3 is 0 Å². The van der Waals surface area contributed by atoms with E-state index in [1.165, 1.54) is 32.1 Å². The van der Waals surface area contributed by atoms with Gasteiger partial charge in [-0.1, -0.05) is 19.8 Å². The van der Waals surface area contributed by atoms with E-state index in [-0.39, 0.29) is 0 Å². The van der Waals surface area contributed by atoms with E-state index in [4.69, 9.17) is 0 Å². The summed E-state index contributed by atoms with van der Waals surface area (Å²) in [5.41, 5.74) is 0. The molecule has 1 aliphatic heterocycles. The molecule has 2 rings (SSSR count). The zero-order valence-electron chi connectivity index (χ0n) is 9.87. The summed E-state index contributed by atoms with van der Waals surface area (Å²) in [6.07, 6.45) is 8.81.